The molecule has 0 aliphatic heterocycles. The summed E-state index contributed by atoms with van der Waals surface area (Å²) in [6.07, 6.45) is 1.42. The molecule has 1 amide bonds. The highest BCUT2D eigenvalue weighted by molar-refractivity contribution is 6.44. The second-order valence-electron chi connectivity index (χ2n) is 2.34. The molecule has 0 spiro atoms. The fourth-order valence-corrected chi connectivity index (χ4v) is 0.714. The maximum atomic E-state index is 11.1. The van der Waals surface area contributed by atoms with Crippen LogP contribution in [0.25, 0.3) is 0 Å². The Balaban J connectivity index is 4.87. The van der Waals surface area contributed by atoms with Crippen LogP contribution in [-0.2, 0) is 4.79 Å². The number of rotatable bonds is 3. The SMILES string of the molecule is C=C(Cl)N=C(/C=C(/C)N)C(=O)NC. The van der Waals surface area contributed by atoms with Crippen molar-refractivity contribution in [3.63, 3.8) is 0 Å². The zero-order chi connectivity index (χ0) is 10.4. The van der Waals surface area contributed by atoms with Gasteiger partial charge in [-0.15, -0.1) is 0 Å². The predicted octanol–water partition coefficient (Wildman–Crippen LogP) is 0.746. The maximum absolute atomic E-state index is 11.1. The standard InChI is InChI=1S/C8H12ClN3O/c1-5(10)4-7(8(13)11-3)12-6(2)9/h4H,2,10H2,1,3H3,(H,11,13)/b5-4-,12-7?. The summed E-state index contributed by atoms with van der Waals surface area (Å²) in [7, 11) is 1.49. The smallest absolute Gasteiger partial charge is 0.269 e. The summed E-state index contributed by atoms with van der Waals surface area (Å²) < 4.78 is 0. The molecule has 0 saturated heterocycles. The molecular formula is C8H12ClN3O. The highest BCUT2D eigenvalue weighted by atomic mass is 35.5. The Kier molecular flexibility index (Phi) is 4.84. The monoisotopic (exact) mass is 201 g/mol. The van der Waals surface area contributed by atoms with E-state index in [-0.39, 0.29) is 16.8 Å². The molecule has 72 valence electrons. The third-order valence-corrected chi connectivity index (χ3v) is 1.15. The van der Waals surface area contributed by atoms with E-state index in [0.717, 1.165) is 0 Å². The number of amides is 1. The number of carbonyl (C=O) groups excluding carboxylic acids is 1. The number of nitrogens with one attached hydrogen (secondary N) is 1. The number of nitrogens with two attached hydrogens (primary N) is 1. The molecule has 3 N–H and O–H groups in total. The number of halogens is 1. The van der Waals surface area contributed by atoms with E-state index in [0.29, 0.717) is 5.70 Å². The Hall–Kier alpha value is -1.29. The van der Waals surface area contributed by atoms with Gasteiger partial charge in [-0.1, -0.05) is 18.2 Å². The Morgan fingerprint density at radius 1 is 1.69 bits per heavy atom. The van der Waals surface area contributed by atoms with Crippen molar-refractivity contribution in [2.75, 3.05) is 7.05 Å². The van der Waals surface area contributed by atoms with Crippen LogP contribution in [0.4, 0.5) is 0 Å². The van der Waals surface area contributed by atoms with Gasteiger partial charge >= 0.3 is 0 Å². The fraction of sp³-hybridized carbons (Fsp3) is 0.250. The summed E-state index contributed by atoms with van der Waals surface area (Å²) in [5.74, 6) is -0.355. The summed E-state index contributed by atoms with van der Waals surface area (Å²) in [5.41, 5.74) is 6.00. The van der Waals surface area contributed by atoms with Crippen LogP contribution in [0, 0.1) is 0 Å². The van der Waals surface area contributed by atoms with Crippen molar-refractivity contribution in [3.8, 4) is 0 Å². The summed E-state index contributed by atoms with van der Waals surface area (Å²) in [6.45, 7) is 5.00. The minimum Gasteiger partial charge on any atom is -0.402 e. The summed E-state index contributed by atoms with van der Waals surface area (Å²) >= 11 is 5.42. The second-order valence-corrected chi connectivity index (χ2v) is 2.78. The first kappa shape index (κ1) is 11.7. The van der Waals surface area contributed by atoms with Crippen molar-refractivity contribution in [2.45, 2.75) is 6.92 Å². The van der Waals surface area contributed by atoms with Crippen molar-refractivity contribution in [3.05, 3.63) is 23.5 Å². The zero-order valence-electron chi connectivity index (χ0n) is 7.60. The highest BCUT2D eigenvalue weighted by Crippen LogP contribution is 2.00. The molecule has 0 aliphatic rings. The number of carbonyl (C=O) groups is 1. The molecular weight excluding hydrogens is 190 g/mol. The predicted molar refractivity (Wildman–Crippen MR) is 54.4 cm³/mol. The lowest BCUT2D eigenvalue weighted by Crippen LogP contribution is -2.26. The maximum Gasteiger partial charge on any atom is 0.269 e. The van der Waals surface area contributed by atoms with E-state index in [9.17, 15) is 4.79 Å². The molecule has 13 heavy (non-hydrogen) atoms. The van der Waals surface area contributed by atoms with Gasteiger partial charge in [-0.3, -0.25) is 4.79 Å². The second kappa shape index (κ2) is 5.37. The molecule has 0 fully saturated rings. The lowest BCUT2D eigenvalue weighted by Gasteiger charge is -1.99. The number of nitrogens with zero attached hydrogens (tertiary/aromatic N) is 1. The number of allylic oxidation sites excluding steroid dienone is 1. The minimum atomic E-state index is -0.355. The molecule has 0 unspecified atom stereocenters. The quantitative estimate of drug-likeness (QED) is 0.523. The van der Waals surface area contributed by atoms with E-state index in [1.165, 1.54) is 13.1 Å². The van der Waals surface area contributed by atoms with Crippen molar-refractivity contribution in [1.29, 1.82) is 0 Å². The van der Waals surface area contributed by atoms with Crippen LogP contribution >= 0.6 is 11.6 Å². The van der Waals surface area contributed by atoms with Crippen LogP contribution in [0.3, 0.4) is 0 Å². The Morgan fingerprint density at radius 2 is 2.23 bits per heavy atom. The van der Waals surface area contributed by atoms with E-state index < -0.39 is 0 Å². The first-order chi connectivity index (χ1) is 5.97. The Bertz CT molecular complexity index is 277. The largest absolute Gasteiger partial charge is 0.402 e. The van der Waals surface area contributed by atoms with Crippen LogP contribution in [0.1, 0.15) is 6.92 Å². The molecule has 4 nitrogen and oxygen atoms in total. The lowest BCUT2D eigenvalue weighted by atomic mass is 10.3. The number of aliphatic imine (C=N–C) groups is 1. The van der Waals surface area contributed by atoms with Gasteiger partial charge in [0.2, 0.25) is 0 Å². The first-order valence-corrected chi connectivity index (χ1v) is 3.94. The molecule has 0 rings (SSSR count). The van der Waals surface area contributed by atoms with Crippen LogP contribution in [0.2, 0.25) is 0 Å². The summed E-state index contributed by atoms with van der Waals surface area (Å²) in [6, 6.07) is 0. The first-order valence-electron chi connectivity index (χ1n) is 3.56. The van der Waals surface area contributed by atoms with Gasteiger partial charge in [0, 0.05) is 12.7 Å². The molecule has 0 aromatic rings. The van der Waals surface area contributed by atoms with Crippen molar-refractivity contribution < 1.29 is 4.79 Å². The van der Waals surface area contributed by atoms with E-state index in [1.54, 1.807) is 6.92 Å². The molecule has 5 heteroatoms. The number of hydrogen-bond donors (Lipinski definition) is 2. The van der Waals surface area contributed by atoms with E-state index in [4.69, 9.17) is 17.3 Å². The van der Waals surface area contributed by atoms with E-state index in [1.807, 2.05) is 0 Å². The molecule has 0 atom stereocenters. The van der Waals surface area contributed by atoms with Crippen molar-refractivity contribution in [2.24, 2.45) is 10.7 Å². The molecule has 0 saturated carbocycles. The molecule has 0 aromatic carbocycles. The third kappa shape index (κ3) is 5.03. The fourth-order valence-electron chi connectivity index (χ4n) is 0.623. The van der Waals surface area contributed by atoms with Gasteiger partial charge in [-0.2, -0.15) is 0 Å². The third-order valence-electron chi connectivity index (χ3n) is 1.07. The van der Waals surface area contributed by atoms with Gasteiger partial charge in [0.05, 0.1) is 0 Å². The van der Waals surface area contributed by atoms with Gasteiger partial charge in [0.1, 0.15) is 10.9 Å². The van der Waals surface area contributed by atoms with E-state index >= 15 is 0 Å². The normalized spacial score (nSPS) is 12.5. The topological polar surface area (TPSA) is 67.5 Å². The lowest BCUT2D eigenvalue weighted by molar-refractivity contribution is -0.114. The average molecular weight is 202 g/mol. The minimum absolute atomic E-state index is 0.0381. The van der Waals surface area contributed by atoms with Crippen LogP contribution in [0.5, 0.6) is 0 Å². The molecule has 0 heterocycles. The van der Waals surface area contributed by atoms with E-state index in [2.05, 4.69) is 16.9 Å². The zero-order valence-corrected chi connectivity index (χ0v) is 8.35. The molecule has 0 aliphatic carbocycles. The van der Waals surface area contributed by atoms with Gasteiger partial charge in [-0.25, -0.2) is 4.99 Å². The van der Waals surface area contributed by atoms with Crippen molar-refractivity contribution in [1.82, 2.24) is 5.32 Å². The van der Waals surface area contributed by atoms with Gasteiger partial charge in [0.25, 0.3) is 5.91 Å². The number of hydrogen-bond acceptors (Lipinski definition) is 3. The summed E-state index contributed by atoms with van der Waals surface area (Å²) in [4.78, 5) is 14.8. The summed E-state index contributed by atoms with van der Waals surface area (Å²) in [5, 5.41) is 2.44. The van der Waals surface area contributed by atoms with Gasteiger partial charge < -0.3 is 11.1 Å². The molecule has 0 bridgehead atoms. The molecule has 0 radical (unpaired) electrons. The van der Waals surface area contributed by atoms with Crippen molar-refractivity contribution >= 4 is 23.2 Å². The van der Waals surface area contributed by atoms with Crippen LogP contribution in [-0.4, -0.2) is 18.7 Å². The van der Waals surface area contributed by atoms with Gasteiger partial charge in [-0.05, 0) is 13.0 Å². The van der Waals surface area contributed by atoms with Gasteiger partial charge in [0.15, 0.2) is 0 Å². The average Bonchev–Trinajstić information content (AvgIpc) is 2.00. The Labute approximate surface area is 82.2 Å². The highest BCUT2D eigenvalue weighted by Gasteiger charge is 2.06. The molecule has 0 aromatic heterocycles. The van der Waals surface area contributed by atoms with Crippen LogP contribution < -0.4 is 11.1 Å². The Morgan fingerprint density at radius 3 is 2.54 bits per heavy atom. The van der Waals surface area contributed by atoms with Crippen LogP contribution in [0.15, 0.2) is 28.5 Å².